The highest BCUT2D eigenvalue weighted by atomic mass is 32.2. The summed E-state index contributed by atoms with van der Waals surface area (Å²) in [6.45, 7) is 2.00. The number of aryl methyl sites for hydroxylation is 1. The van der Waals surface area contributed by atoms with E-state index in [2.05, 4.69) is 0 Å². The van der Waals surface area contributed by atoms with Crippen molar-refractivity contribution in [1.29, 1.82) is 0 Å². The van der Waals surface area contributed by atoms with Crippen LogP contribution in [0.2, 0.25) is 0 Å². The number of hydrogen-bond donors (Lipinski definition) is 0. The molecule has 2 aromatic carbocycles. The van der Waals surface area contributed by atoms with Crippen LogP contribution < -0.4 is 0 Å². The van der Waals surface area contributed by atoms with Gasteiger partial charge in [-0.2, -0.15) is 4.31 Å². The number of hydrogen-bond acceptors (Lipinski definition) is 4. The standard InChI is InChI=1S/C23H23NO4S/c1-16-10-12-18(13-11-16)29(27,28)24-14-20-19(8-5-9-22(20)25)21(15-24)23(26)17-6-3-2-4-7-17/h2-4,6-7,10-13,21H,5,8-9,14-15H2,1H3. The molecule has 1 aliphatic carbocycles. The van der Waals surface area contributed by atoms with Crippen LogP contribution in [-0.2, 0) is 14.8 Å². The van der Waals surface area contributed by atoms with Crippen LogP contribution in [0.1, 0.15) is 35.2 Å². The molecule has 0 aromatic heterocycles. The summed E-state index contributed by atoms with van der Waals surface area (Å²) < 4.78 is 27.8. The average Bonchev–Trinajstić information content (AvgIpc) is 2.74. The Balaban J connectivity index is 1.75. The summed E-state index contributed by atoms with van der Waals surface area (Å²) >= 11 is 0. The third-order valence-electron chi connectivity index (χ3n) is 5.75. The van der Waals surface area contributed by atoms with Gasteiger partial charge in [-0.3, -0.25) is 9.59 Å². The molecule has 0 saturated carbocycles. The fraction of sp³-hybridized carbons (Fsp3) is 0.304. The molecule has 150 valence electrons. The smallest absolute Gasteiger partial charge is 0.243 e. The van der Waals surface area contributed by atoms with Gasteiger partial charge in [0.05, 0.1) is 10.8 Å². The van der Waals surface area contributed by atoms with Crippen molar-refractivity contribution in [3.05, 3.63) is 76.9 Å². The van der Waals surface area contributed by atoms with Crippen molar-refractivity contribution >= 4 is 21.6 Å². The second-order valence-electron chi connectivity index (χ2n) is 7.67. The number of carbonyl (C=O) groups excluding carboxylic acids is 2. The molecule has 29 heavy (non-hydrogen) atoms. The summed E-state index contributed by atoms with van der Waals surface area (Å²) in [4.78, 5) is 26.0. The Hall–Kier alpha value is -2.57. The van der Waals surface area contributed by atoms with Crippen molar-refractivity contribution < 1.29 is 18.0 Å². The van der Waals surface area contributed by atoms with Crippen LogP contribution in [-0.4, -0.2) is 37.4 Å². The third kappa shape index (κ3) is 3.70. The van der Waals surface area contributed by atoms with E-state index in [0.717, 1.165) is 11.1 Å². The maximum Gasteiger partial charge on any atom is 0.243 e. The minimum atomic E-state index is -3.81. The lowest BCUT2D eigenvalue weighted by molar-refractivity contribution is -0.116. The molecule has 1 heterocycles. The van der Waals surface area contributed by atoms with Gasteiger partial charge in [0, 0.05) is 30.6 Å². The highest BCUT2D eigenvalue weighted by Gasteiger charge is 2.40. The van der Waals surface area contributed by atoms with Crippen LogP contribution in [0.4, 0.5) is 0 Å². The SMILES string of the molecule is Cc1ccc(S(=O)(=O)N2CC3=C(CCCC3=O)C(C(=O)c3ccccc3)C2)cc1. The molecular formula is C23H23NO4S. The van der Waals surface area contributed by atoms with E-state index in [0.29, 0.717) is 30.4 Å². The lowest BCUT2D eigenvalue weighted by atomic mass is 9.78. The Morgan fingerprint density at radius 1 is 1.00 bits per heavy atom. The molecule has 1 aliphatic heterocycles. The molecule has 0 bridgehead atoms. The summed E-state index contributed by atoms with van der Waals surface area (Å²) in [6, 6.07) is 15.5. The molecule has 5 nitrogen and oxygen atoms in total. The summed E-state index contributed by atoms with van der Waals surface area (Å²) in [7, 11) is -3.81. The maximum absolute atomic E-state index is 13.3. The van der Waals surface area contributed by atoms with Crippen molar-refractivity contribution in [2.45, 2.75) is 31.1 Å². The number of sulfonamides is 1. The summed E-state index contributed by atoms with van der Waals surface area (Å²) in [6.07, 6.45) is 1.78. The topological polar surface area (TPSA) is 71.5 Å². The molecule has 0 amide bonds. The highest BCUT2D eigenvalue weighted by molar-refractivity contribution is 7.89. The number of nitrogens with zero attached hydrogens (tertiary/aromatic N) is 1. The normalized spacial score (nSPS) is 20.4. The molecule has 0 N–H and O–H groups in total. The predicted molar refractivity (Wildman–Crippen MR) is 110 cm³/mol. The van der Waals surface area contributed by atoms with Gasteiger partial charge in [0.1, 0.15) is 0 Å². The quantitative estimate of drug-likeness (QED) is 0.724. The van der Waals surface area contributed by atoms with E-state index in [1.54, 1.807) is 48.5 Å². The van der Waals surface area contributed by atoms with Gasteiger partial charge < -0.3 is 0 Å². The minimum absolute atomic E-state index is 0.0408. The maximum atomic E-state index is 13.3. The molecule has 4 rings (SSSR count). The Labute approximate surface area is 171 Å². The van der Waals surface area contributed by atoms with Crippen molar-refractivity contribution in [1.82, 2.24) is 4.31 Å². The predicted octanol–water partition coefficient (Wildman–Crippen LogP) is 3.55. The molecule has 0 spiro atoms. The molecule has 2 aliphatic rings. The van der Waals surface area contributed by atoms with E-state index in [4.69, 9.17) is 0 Å². The first-order valence-electron chi connectivity index (χ1n) is 9.79. The van der Waals surface area contributed by atoms with Crippen molar-refractivity contribution in [3.63, 3.8) is 0 Å². The second-order valence-corrected chi connectivity index (χ2v) is 9.61. The zero-order valence-corrected chi connectivity index (χ0v) is 17.1. The number of carbonyl (C=O) groups is 2. The van der Waals surface area contributed by atoms with Crippen molar-refractivity contribution in [2.75, 3.05) is 13.1 Å². The van der Waals surface area contributed by atoms with Gasteiger partial charge in [0.25, 0.3) is 0 Å². The van der Waals surface area contributed by atoms with E-state index in [1.165, 1.54) is 4.31 Å². The summed E-state index contributed by atoms with van der Waals surface area (Å²) in [5.74, 6) is -0.789. The van der Waals surface area contributed by atoms with Crippen LogP contribution in [0.25, 0.3) is 0 Å². The number of ketones is 2. The monoisotopic (exact) mass is 409 g/mol. The second kappa shape index (κ2) is 7.69. The zero-order valence-electron chi connectivity index (χ0n) is 16.3. The molecule has 0 saturated heterocycles. The van der Waals surface area contributed by atoms with Crippen LogP contribution in [0, 0.1) is 12.8 Å². The first-order valence-corrected chi connectivity index (χ1v) is 11.2. The summed E-state index contributed by atoms with van der Waals surface area (Å²) in [5, 5.41) is 0. The van der Waals surface area contributed by atoms with Gasteiger partial charge in [-0.1, -0.05) is 48.0 Å². The highest BCUT2D eigenvalue weighted by Crippen LogP contribution is 2.36. The zero-order chi connectivity index (χ0) is 20.6. The largest absolute Gasteiger partial charge is 0.295 e. The fourth-order valence-corrected chi connectivity index (χ4v) is 5.56. The van der Waals surface area contributed by atoms with Gasteiger partial charge in [0.2, 0.25) is 10.0 Å². The molecule has 0 radical (unpaired) electrons. The minimum Gasteiger partial charge on any atom is -0.295 e. The van der Waals surface area contributed by atoms with Gasteiger partial charge in [-0.05, 0) is 37.5 Å². The van der Waals surface area contributed by atoms with Crippen LogP contribution in [0.3, 0.4) is 0 Å². The Kier molecular flexibility index (Phi) is 5.23. The molecular weight excluding hydrogens is 386 g/mol. The summed E-state index contributed by atoms with van der Waals surface area (Å²) in [5.41, 5.74) is 2.84. The Morgan fingerprint density at radius 2 is 1.69 bits per heavy atom. The van der Waals surface area contributed by atoms with Gasteiger partial charge in [-0.15, -0.1) is 0 Å². The first-order chi connectivity index (χ1) is 13.9. The first kappa shape index (κ1) is 19.7. The lowest BCUT2D eigenvalue weighted by Crippen LogP contribution is -2.46. The molecule has 2 aromatic rings. The lowest BCUT2D eigenvalue weighted by Gasteiger charge is -2.36. The van der Waals surface area contributed by atoms with Crippen molar-refractivity contribution in [3.8, 4) is 0 Å². The van der Waals surface area contributed by atoms with Gasteiger partial charge >= 0.3 is 0 Å². The molecule has 1 unspecified atom stereocenters. The fourth-order valence-electron chi connectivity index (χ4n) is 4.14. The van der Waals surface area contributed by atoms with E-state index in [-0.39, 0.29) is 29.6 Å². The van der Waals surface area contributed by atoms with Gasteiger partial charge in [-0.25, -0.2) is 8.42 Å². The molecule has 0 fully saturated rings. The molecule has 6 heteroatoms. The van der Waals surface area contributed by atoms with E-state index in [9.17, 15) is 18.0 Å². The van der Waals surface area contributed by atoms with E-state index in [1.807, 2.05) is 13.0 Å². The Bertz CT molecular complexity index is 1090. The number of rotatable bonds is 4. The van der Waals surface area contributed by atoms with Crippen LogP contribution in [0.15, 0.2) is 70.6 Å². The number of Topliss-reactive ketones (excluding diaryl/α,β-unsaturated/α-hetero) is 2. The van der Waals surface area contributed by atoms with E-state index < -0.39 is 15.9 Å². The van der Waals surface area contributed by atoms with Crippen LogP contribution >= 0.6 is 0 Å². The van der Waals surface area contributed by atoms with Crippen LogP contribution in [0.5, 0.6) is 0 Å². The van der Waals surface area contributed by atoms with Gasteiger partial charge in [0.15, 0.2) is 11.6 Å². The van der Waals surface area contributed by atoms with E-state index >= 15 is 0 Å². The number of benzene rings is 2. The average molecular weight is 410 g/mol. The van der Waals surface area contributed by atoms with Crippen molar-refractivity contribution in [2.24, 2.45) is 5.92 Å². The third-order valence-corrected chi connectivity index (χ3v) is 7.57. The Morgan fingerprint density at radius 3 is 2.38 bits per heavy atom. The molecule has 1 atom stereocenters.